The molecule has 0 spiro atoms. The van der Waals surface area contributed by atoms with Gasteiger partial charge in [-0.3, -0.25) is 0 Å². The average molecular weight is 233 g/mol. The molecule has 3 heteroatoms. The van der Waals surface area contributed by atoms with Crippen molar-refractivity contribution in [2.75, 3.05) is 18.0 Å². The highest BCUT2D eigenvalue weighted by Gasteiger charge is 2.25. The van der Waals surface area contributed by atoms with E-state index >= 15 is 0 Å². The van der Waals surface area contributed by atoms with Crippen LogP contribution in [0.5, 0.6) is 0 Å². The molecule has 2 unspecified atom stereocenters. The van der Waals surface area contributed by atoms with Crippen molar-refractivity contribution < 1.29 is 0 Å². The quantitative estimate of drug-likeness (QED) is 0.853. The molecule has 1 aliphatic rings. The Morgan fingerprint density at radius 1 is 1.41 bits per heavy atom. The SMILES string of the molecule is CC1CCN(c2ncccc2[C@H](C)N)CC1C. The summed E-state index contributed by atoms with van der Waals surface area (Å²) < 4.78 is 0. The minimum atomic E-state index is 0.0494. The van der Waals surface area contributed by atoms with E-state index in [-0.39, 0.29) is 6.04 Å². The summed E-state index contributed by atoms with van der Waals surface area (Å²) in [4.78, 5) is 6.92. The van der Waals surface area contributed by atoms with Gasteiger partial charge in [0, 0.05) is 30.9 Å². The molecule has 0 amide bonds. The number of nitrogens with zero attached hydrogens (tertiary/aromatic N) is 2. The van der Waals surface area contributed by atoms with Gasteiger partial charge in [0.05, 0.1) is 0 Å². The molecule has 2 heterocycles. The van der Waals surface area contributed by atoms with E-state index in [0.29, 0.717) is 0 Å². The van der Waals surface area contributed by atoms with Crippen LogP contribution >= 0.6 is 0 Å². The standard InChI is InChI=1S/C14H23N3/c1-10-6-8-17(9-11(10)2)14-13(12(3)15)5-4-7-16-14/h4-5,7,10-12H,6,8-9,15H2,1-3H3/t10?,11?,12-/m0/s1. The molecule has 1 aromatic heterocycles. The van der Waals surface area contributed by atoms with Gasteiger partial charge in [0.2, 0.25) is 0 Å². The molecule has 2 rings (SSSR count). The largest absolute Gasteiger partial charge is 0.356 e. The summed E-state index contributed by atoms with van der Waals surface area (Å²) in [6.45, 7) is 8.88. The second-order valence-electron chi connectivity index (χ2n) is 5.39. The zero-order valence-corrected chi connectivity index (χ0v) is 11.1. The Hall–Kier alpha value is -1.09. The highest BCUT2D eigenvalue weighted by molar-refractivity contribution is 5.48. The first-order valence-electron chi connectivity index (χ1n) is 6.55. The van der Waals surface area contributed by atoms with E-state index in [9.17, 15) is 0 Å². The van der Waals surface area contributed by atoms with Gasteiger partial charge < -0.3 is 10.6 Å². The van der Waals surface area contributed by atoms with Gasteiger partial charge in [0.15, 0.2) is 0 Å². The van der Waals surface area contributed by atoms with Crippen molar-refractivity contribution >= 4 is 5.82 Å². The maximum Gasteiger partial charge on any atom is 0.133 e. The predicted molar refractivity (Wildman–Crippen MR) is 72.0 cm³/mol. The fourth-order valence-corrected chi connectivity index (χ4v) is 2.48. The van der Waals surface area contributed by atoms with E-state index < -0.39 is 0 Å². The third-order valence-electron chi connectivity index (χ3n) is 3.94. The van der Waals surface area contributed by atoms with E-state index in [4.69, 9.17) is 5.73 Å². The molecule has 17 heavy (non-hydrogen) atoms. The topological polar surface area (TPSA) is 42.2 Å². The lowest BCUT2D eigenvalue weighted by atomic mass is 9.88. The summed E-state index contributed by atoms with van der Waals surface area (Å²) >= 11 is 0. The lowest BCUT2D eigenvalue weighted by Gasteiger charge is -2.37. The zero-order valence-electron chi connectivity index (χ0n) is 11.1. The van der Waals surface area contributed by atoms with Crippen molar-refractivity contribution in [1.29, 1.82) is 0 Å². The first-order chi connectivity index (χ1) is 8.09. The van der Waals surface area contributed by atoms with E-state index in [0.717, 1.165) is 36.3 Å². The Morgan fingerprint density at radius 2 is 2.18 bits per heavy atom. The molecule has 94 valence electrons. The number of anilines is 1. The molecule has 3 nitrogen and oxygen atoms in total. The number of piperidine rings is 1. The third-order valence-corrected chi connectivity index (χ3v) is 3.94. The molecule has 1 aromatic rings. The van der Waals surface area contributed by atoms with Crippen LogP contribution in [0.15, 0.2) is 18.3 Å². The molecule has 0 aromatic carbocycles. The minimum Gasteiger partial charge on any atom is -0.356 e. The van der Waals surface area contributed by atoms with E-state index in [1.54, 1.807) is 0 Å². The summed E-state index contributed by atoms with van der Waals surface area (Å²) in [5, 5.41) is 0. The van der Waals surface area contributed by atoms with Crippen LogP contribution in [0.3, 0.4) is 0 Å². The van der Waals surface area contributed by atoms with E-state index in [1.807, 2.05) is 19.2 Å². The van der Waals surface area contributed by atoms with Crippen LogP contribution in [0.2, 0.25) is 0 Å². The first-order valence-corrected chi connectivity index (χ1v) is 6.55. The molecule has 1 saturated heterocycles. The van der Waals surface area contributed by atoms with Crippen LogP contribution in [-0.2, 0) is 0 Å². The summed E-state index contributed by atoms with van der Waals surface area (Å²) in [6, 6.07) is 4.11. The number of pyridine rings is 1. The maximum absolute atomic E-state index is 6.02. The molecule has 0 bridgehead atoms. The number of nitrogens with two attached hydrogens (primary N) is 1. The number of hydrogen-bond acceptors (Lipinski definition) is 3. The van der Waals surface area contributed by atoms with Gasteiger partial charge in [0.1, 0.15) is 5.82 Å². The molecule has 0 radical (unpaired) electrons. The summed E-state index contributed by atoms with van der Waals surface area (Å²) in [7, 11) is 0. The van der Waals surface area contributed by atoms with Crippen LogP contribution in [0, 0.1) is 11.8 Å². The predicted octanol–water partition coefficient (Wildman–Crippen LogP) is 2.58. The van der Waals surface area contributed by atoms with Gasteiger partial charge in [0.25, 0.3) is 0 Å². The van der Waals surface area contributed by atoms with Crippen molar-refractivity contribution in [3.63, 3.8) is 0 Å². The van der Waals surface area contributed by atoms with Gasteiger partial charge in [-0.2, -0.15) is 0 Å². The Bertz CT molecular complexity index is 375. The second-order valence-corrected chi connectivity index (χ2v) is 5.39. The lowest BCUT2D eigenvalue weighted by molar-refractivity contribution is 0.322. The normalized spacial score (nSPS) is 26.9. The van der Waals surface area contributed by atoms with Crippen LogP contribution in [0.4, 0.5) is 5.82 Å². The van der Waals surface area contributed by atoms with Crippen LogP contribution in [0.1, 0.15) is 38.8 Å². The number of hydrogen-bond donors (Lipinski definition) is 1. The highest BCUT2D eigenvalue weighted by atomic mass is 15.2. The number of aromatic nitrogens is 1. The number of rotatable bonds is 2. The van der Waals surface area contributed by atoms with Gasteiger partial charge in [-0.05, 0) is 31.2 Å². The van der Waals surface area contributed by atoms with Gasteiger partial charge in [-0.1, -0.05) is 19.9 Å². The lowest BCUT2D eigenvalue weighted by Crippen LogP contribution is -2.39. The molecule has 1 fully saturated rings. The molecule has 2 N–H and O–H groups in total. The van der Waals surface area contributed by atoms with Gasteiger partial charge in [-0.15, -0.1) is 0 Å². The molecule has 0 aliphatic carbocycles. The Balaban J connectivity index is 2.22. The highest BCUT2D eigenvalue weighted by Crippen LogP contribution is 2.29. The second kappa shape index (κ2) is 5.05. The maximum atomic E-state index is 6.02. The monoisotopic (exact) mass is 233 g/mol. The molecule has 0 saturated carbocycles. The molecular weight excluding hydrogens is 210 g/mol. The molecular formula is C14H23N3. The molecule has 3 atom stereocenters. The van der Waals surface area contributed by atoms with Gasteiger partial charge >= 0.3 is 0 Å². The average Bonchev–Trinajstić information content (AvgIpc) is 2.32. The fraction of sp³-hybridized carbons (Fsp3) is 0.643. The zero-order chi connectivity index (χ0) is 12.4. The summed E-state index contributed by atoms with van der Waals surface area (Å²) in [5.74, 6) is 2.63. The van der Waals surface area contributed by atoms with Crippen molar-refractivity contribution in [2.24, 2.45) is 17.6 Å². The van der Waals surface area contributed by atoms with E-state index in [2.05, 4.69) is 29.8 Å². The van der Waals surface area contributed by atoms with Gasteiger partial charge in [-0.25, -0.2) is 4.98 Å². The molecule has 1 aliphatic heterocycles. The van der Waals surface area contributed by atoms with E-state index in [1.165, 1.54) is 6.42 Å². The Morgan fingerprint density at radius 3 is 2.82 bits per heavy atom. The van der Waals surface area contributed by atoms with Crippen LogP contribution in [-0.4, -0.2) is 18.1 Å². The third kappa shape index (κ3) is 2.60. The minimum absolute atomic E-state index is 0.0494. The van der Waals surface area contributed by atoms with Crippen molar-refractivity contribution in [3.8, 4) is 0 Å². The Kier molecular flexibility index (Phi) is 3.67. The van der Waals surface area contributed by atoms with Crippen LogP contribution in [0.25, 0.3) is 0 Å². The fourth-order valence-electron chi connectivity index (χ4n) is 2.48. The Labute approximate surface area is 104 Å². The summed E-state index contributed by atoms with van der Waals surface area (Å²) in [6.07, 6.45) is 3.11. The summed E-state index contributed by atoms with van der Waals surface area (Å²) in [5.41, 5.74) is 7.18. The smallest absolute Gasteiger partial charge is 0.133 e. The van der Waals surface area contributed by atoms with Crippen molar-refractivity contribution in [3.05, 3.63) is 23.9 Å². The van der Waals surface area contributed by atoms with Crippen LogP contribution < -0.4 is 10.6 Å². The van der Waals surface area contributed by atoms with Crippen molar-refractivity contribution in [2.45, 2.75) is 33.2 Å². The van der Waals surface area contributed by atoms with Crippen molar-refractivity contribution in [1.82, 2.24) is 4.98 Å². The first kappa shape index (κ1) is 12.4.